The van der Waals surface area contributed by atoms with Gasteiger partial charge in [0.15, 0.2) is 12.2 Å². The summed E-state index contributed by atoms with van der Waals surface area (Å²) in [4.78, 5) is 69.7. The van der Waals surface area contributed by atoms with Crippen molar-refractivity contribution in [2.45, 2.75) is 51.2 Å². The summed E-state index contributed by atoms with van der Waals surface area (Å²) in [7, 11) is 0. The summed E-state index contributed by atoms with van der Waals surface area (Å²) in [5.74, 6) is -2.14. The molecule has 262 valence electrons. The third kappa shape index (κ3) is 8.06. The van der Waals surface area contributed by atoms with Crippen molar-refractivity contribution in [3.63, 3.8) is 0 Å². The first-order chi connectivity index (χ1) is 25.4. The van der Waals surface area contributed by atoms with E-state index in [2.05, 4.69) is 0 Å². The summed E-state index contributed by atoms with van der Waals surface area (Å²) in [6, 6.07) is 45.3. The van der Waals surface area contributed by atoms with E-state index in [9.17, 15) is 19.2 Å². The Labute approximate surface area is 302 Å². The van der Waals surface area contributed by atoms with Crippen LogP contribution in [0.25, 0.3) is 0 Å². The molecule has 5 aromatic rings. The maximum Gasteiger partial charge on any atom is 0.265 e. The van der Waals surface area contributed by atoms with Gasteiger partial charge in [0, 0.05) is 26.2 Å². The van der Waals surface area contributed by atoms with Crippen LogP contribution in [0.15, 0.2) is 146 Å². The third-order valence-electron chi connectivity index (χ3n) is 8.93. The van der Waals surface area contributed by atoms with E-state index in [4.69, 9.17) is 9.68 Å². The quantitative estimate of drug-likeness (QED) is 0.0999. The summed E-state index contributed by atoms with van der Waals surface area (Å²) in [5.41, 5.74) is 4.18. The van der Waals surface area contributed by atoms with E-state index < -0.39 is 35.8 Å². The Hall–Kier alpha value is -5.78. The number of carbonyl (C=O) groups is 4. The van der Waals surface area contributed by atoms with E-state index in [1.807, 2.05) is 121 Å². The lowest BCUT2D eigenvalue weighted by molar-refractivity contribution is -0.207. The second-order valence-electron chi connectivity index (χ2n) is 12.8. The fourth-order valence-electron chi connectivity index (χ4n) is 6.49. The van der Waals surface area contributed by atoms with Crippen LogP contribution in [0.3, 0.4) is 0 Å². The zero-order valence-corrected chi connectivity index (χ0v) is 28.5. The van der Waals surface area contributed by atoms with Crippen LogP contribution in [0.2, 0.25) is 0 Å². The number of amides is 4. The van der Waals surface area contributed by atoms with Crippen molar-refractivity contribution in [2.75, 3.05) is 9.80 Å². The van der Waals surface area contributed by atoms with Crippen molar-refractivity contribution in [1.82, 2.24) is 10.1 Å². The molecule has 0 spiro atoms. The summed E-state index contributed by atoms with van der Waals surface area (Å²) in [5, 5.41) is 3.37. The molecule has 0 aliphatic carbocycles. The second kappa shape index (κ2) is 16.1. The zero-order chi connectivity index (χ0) is 35.9. The molecule has 5 aromatic carbocycles. The van der Waals surface area contributed by atoms with Gasteiger partial charge in [-0.1, -0.05) is 133 Å². The number of nitrogens with zero attached hydrogens (tertiary/aromatic N) is 4. The standard InChI is InChI=1S/C42H38N4O6/c47-39-25-37(51-43(27-31-15-5-1-6-16-31)28-32-17-7-2-8-18-32)41(49)45(39)35-23-13-14-24-36(35)46-40(48)26-38(42(46)50)52-44(29-33-19-9-3-10-20-33)30-34-21-11-4-12-22-34/h1-24,37-38H,25-30H2. The van der Waals surface area contributed by atoms with Crippen LogP contribution < -0.4 is 9.80 Å². The molecule has 2 unspecified atom stereocenters. The molecule has 10 heteroatoms. The summed E-state index contributed by atoms with van der Waals surface area (Å²) in [6.45, 7) is 1.53. The number of carbonyl (C=O) groups excluding carboxylic acids is 4. The topological polar surface area (TPSA) is 99.7 Å². The smallest absolute Gasteiger partial charge is 0.265 e. The highest BCUT2D eigenvalue weighted by Gasteiger charge is 2.47. The number of anilines is 2. The molecular weight excluding hydrogens is 656 g/mol. The summed E-state index contributed by atoms with van der Waals surface area (Å²) < 4.78 is 0. The van der Waals surface area contributed by atoms with Gasteiger partial charge in [-0.05, 0) is 34.4 Å². The van der Waals surface area contributed by atoms with Crippen molar-refractivity contribution >= 4 is 35.0 Å². The molecule has 2 aliphatic heterocycles. The average molecular weight is 695 g/mol. The lowest BCUT2D eigenvalue weighted by Gasteiger charge is -2.26. The molecule has 0 radical (unpaired) electrons. The van der Waals surface area contributed by atoms with Crippen LogP contribution in [0.1, 0.15) is 35.1 Å². The molecule has 2 atom stereocenters. The first-order valence-corrected chi connectivity index (χ1v) is 17.2. The van der Waals surface area contributed by atoms with E-state index in [-0.39, 0.29) is 24.2 Å². The average Bonchev–Trinajstić information content (AvgIpc) is 3.60. The number of benzene rings is 5. The Kier molecular flexibility index (Phi) is 10.7. The van der Waals surface area contributed by atoms with Crippen molar-refractivity contribution in [1.29, 1.82) is 0 Å². The first-order valence-electron chi connectivity index (χ1n) is 17.2. The molecule has 2 heterocycles. The molecule has 0 saturated carbocycles. The molecule has 10 nitrogen and oxygen atoms in total. The molecule has 0 bridgehead atoms. The fourth-order valence-corrected chi connectivity index (χ4v) is 6.49. The Morgan fingerprint density at radius 1 is 0.423 bits per heavy atom. The molecule has 0 aromatic heterocycles. The Bertz CT molecular complexity index is 1780. The highest BCUT2D eigenvalue weighted by Crippen LogP contribution is 2.37. The second-order valence-corrected chi connectivity index (χ2v) is 12.8. The Balaban J connectivity index is 1.10. The molecule has 2 fully saturated rings. The summed E-state index contributed by atoms with van der Waals surface area (Å²) >= 11 is 0. The molecular formula is C42H38N4O6. The van der Waals surface area contributed by atoms with E-state index in [1.165, 1.54) is 0 Å². The molecule has 0 N–H and O–H groups in total. The van der Waals surface area contributed by atoms with Crippen molar-refractivity contribution in [3.8, 4) is 0 Å². The van der Waals surface area contributed by atoms with Gasteiger partial charge in [-0.15, -0.1) is 0 Å². The number of rotatable bonds is 14. The highest BCUT2D eigenvalue weighted by molar-refractivity contribution is 6.28. The van der Waals surface area contributed by atoms with Crippen LogP contribution in [-0.2, 0) is 55.0 Å². The number of imide groups is 2. The van der Waals surface area contributed by atoms with Crippen molar-refractivity contribution in [3.05, 3.63) is 168 Å². The summed E-state index contributed by atoms with van der Waals surface area (Å²) in [6.07, 6.45) is -2.60. The van der Waals surface area contributed by atoms with Crippen LogP contribution in [-0.4, -0.2) is 46.0 Å². The van der Waals surface area contributed by atoms with Gasteiger partial charge in [0.05, 0.1) is 24.2 Å². The fraction of sp³-hybridized carbons (Fsp3) is 0.190. The van der Waals surface area contributed by atoms with Gasteiger partial charge in [0.1, 0.15) is 0 Å². The van der Waals surface area contributed by atoms with Gasteiger partial charge < -0.3 is 0 Å². The Morgan fingerprint density at radius 3 is 0.981 bits per heavy atom. The van der Waals surface area contributed by atoms with Gasteiger partial charge in [-0.25, -0.2) is 9.80 Å². The van der Waals surface area contributed by atoms with Crippen LogP contribution in [0.4, 0.5) is 11.4 Å². The third-order valence-corrected chi connectivity index (χ3v) is 8.93. The first kappa shape index (κ1) is 34.7. The van der Waals surface area contributed by atoms with Crippen molar-refractivity contribution < 1.29 is 28.9 Å². The van der Waals surface area contributed by atoms with Gasteiger partial charge in [-0.3, -0.25) is 28.9 Å². The number of para-hydroxylation sites is 2. The predicted molar refractivity (Wildman–Crippen MR) is 195 cm³/mol. The minimum atomic E-state index is -1.10. The van der Waals surface area contributed by atoms with Crippen LogP contribution in [0.5, 0.6) is 0 Å². The monoisotopic (exact) mass is 694 g/mol. The van der Waals surface area contributed by atoms with E-state index in [0.717, 1.165) is 32.1 Å². The molecule has 4 amide bonds. The van der Waals surface area contributed by atoms with E-state index in [1.54, 1.807) is 34.4 Å². The van der Waals surface area contributed by atoms with E-state index in [0.29, 0.717) is 26.2 Å². The van der Waals surface area contributed by atoms with Crippen LogP contribution in [0, 0.1) is 0 Å². The normalized spacial score (nSPS) is 17.6. The van der Waals surface area contributed by atoms with E-state index >= 15 is 0 Å². The molecule has 2 aliphatic rings. The molecule has 2 saturated heterocycles. The lowest BCUT2D eigenvalue weighted by Crippen LogP contribution is -2.39. The zero-order valence-electron chi connectivity index (χ0n) is 28.5. The van der Waals surface area contributed by atoms with Gasteiger partial charge in [-0.2, -0.15) is 10.1 Å². The maximum atomic E-state index is 14.0. The minimum Gasteiger partial charge on any atom is -0.284 e. The highest BCUT2D eigenvalue weighted by atomic mass is 16.7. The minimum absolute atomic E-state index is 0.133. The van der Waals surface area contributed by atoms with Gasteiger partial charge in [0.2, 0.25) is 11.8 Å². The number of hydroxylamine groups is 4. The lowest BCUT2D eigenvalue weighted by atomic mass is 10.2. The largest absolute Gasteiger partial charge is 0.284 e. The van der Waals surface area contributed by atoms with Crippen LogP contribution >= 0.6 is 0 Å². The van der Waals surface area contributed by atoms with Gasteiger partial charge in [0.25, 0.3) is 11.8 Å². The Morgan fingerprint density at radius 2 is 0.692 bits per heavy atom. The maximum absolute atomic E-state index is 14.0. The van der Waals surface area contributed by atoms with Crippen molar-refractivity contribution in [2.24, 2.45) is 0 Å². The number of hydrogen-bond donors (Lipinski definition) is 0. The van der Waals surface area contributed by atoms with Gasteiger partial charge >= 0.3 is 0 Å². The molecule has 52 heavy (non-hydrogen) atoms. The predicted octanol–water partition coefficient (Wildman–Crippen LogP) is 6.22. The SMILES string of the molecule is O=C1CC(ON(Cc2ccccc2)Cc2ccccc2)C(=O)N1c1ccccc1N1C(=O)CC(ON(Cc2ccccc2)Cc2ccccc2)C1=O. The molecule has 7 rings (SSSR count). The number of hydrogen-bond acceptors (Lipinski definition) is 8.